The fraction of sp³-hybridized carbons (Fsp3) is 0.259. The summed E-state index contributed by atoms with van der Waals surface area (Å²) in [6.45, 7) is 1.54. The van der Waals surface area contributed by atoms with Gasteiger partial charge < -0.3 is 9.64 Å². The van der Waals surface area contributed by atoms with Crippen molar-refractivity contribution in [2.24, 2.45) is 5.92 Å². The minimum absolute atomic E-state index is 0.0826. The number of benzene rings is 3. The van der Waals surface area contributed by atoms with Crippen molar-refractivity contribution in [1.82, 2.24) is 15.1 Å². The summed E-state index contributed by atoms with van der Waals surface area (Å²) in [6.07, 6.45) is 3.13. The van der Waals surface area contributed by atoms with Crippen molar-refractivity contribution in [3.8, 4) is 16.9 Å². The maximum Gasteiger partial charge on any atom is 0.323 e. The third kappa shape index (κ3) is 4.70. The van der Waals surface area contributed by atoms with Crippen LogP contribution in [0.15, 0.2) is 72.8 Å². The quantitative estimate of drug-likeness (QED) is 0.417. The first-order valence-corrected chi connectivity index (χ1v) is 11.4. The smallest absolute Gasteiger partial charge is 0.323 e. The Labute approximate surface area is 193 Å². The molecular formula is C27H28N4O2. The Morgan fingerprint density at radius 2 is 1.76 bits per heavy atom. The number of carbonyl (C=O) groups excluding carboxylic acids is 1. The predicted molar refractivity (Wildman–Crippen MR) is 132 cm³/mol. The molecular weight excluding hydrogens is 412 g/mol. The maximum atomic E-state index is 12.9. The molecule has 6 heteroatoms. The molecule has 0 radical (unpaired) electrons. The van der Waals surface area contributed by atoms with Crippen LogP contribution in [0, 0.1) is 5.92 Å². The number of aromatic nitrogens is 2. The number of rotatable bonds is 5. The molecule has 0 aliphatic carbocycles. The zero-order valence-electron chi connectivity index (χ0n) is 18.8. The van der Waals surface area contributed by atoms with Crippen molar-refractivity contribution >= 4 is 22.8 Å². The van der Waals surface area contributed by atoms with Gasteiger partial charge in [-0.1, -0.05) is 48.5 Å². The minimum Gasteiger partial charge on any atom is -0.497 e. The molecule has 1 aliphatic heterocycles. The lowest BCUT2D eigenvalue weighted by Crippen LogP contribution is -2.41. The summed E-state index contributed by atoms with van der Waals surface area (Å²) in [7, 11) is 1.66. The van der Waals surface area contributed by atoms with Crippen molar-refractivity contribution in [3.05, 3.63) is 78.4 Å². The Balaban J connectivity index is 1.21. The molecule has 4 aromatic rings. The van der Waals surface area contributed by atoms with Crippen molar-refractivity contribution in [2.45, 2.75) is 19.3 Å². The van der Waals surface area contributed by atoms with Gasteiger partial charge in [-0.25, -0.2) is 4.79 Å². The van der Waals surface area contributed by atoms with Crippen LogP contribution in [0.4, 0.5) is 10.6 Å². The second-order valence-electron chi connectivity index (χ2n) is 8.61. The average molecular weight is 441 g/mol. The molecule has 5 rings (SSSR count). The normalized spacial score (nSPS) is 14.4. The molecule has 2 heterocycles. The summed E-state index contributed by atoms with van der Waals surface area (Å²) in [4.78, 5) is 14.8. The predicted octanol–water partition coefficient (Wildman–Crippen LogP) is 5.73. The molecule has 0 unspecified atom stereocenters. The molecule has 168 valence electrons. The van der Waals surface area contributed by atoms with Crippen LogP contribution in [0.25, 0.3) is 22.0 Å². The van der Waals surface area contributed by atoms with Gasteiger partial charge in [0.05, 0.1) is 12.6 Å². The van der Waals surface area contributed by atoms with E-state index in [4.69, 9.17) is 4.74 Å². The number of H-pyrrole nitrogens is 1. The lowest BCUT2D eigenvalue weighted by Gasteiger charge is -2.31. The number of nitrogens with zero attached hydrogens (tertiary/aromatic N) is 2. The molecule has 33 heavy (non-hydrogen) atoms. The molecule has 1 aliphatic rings. The van der Waals surface area contributed by atoms with E-state index in [1.165, 1.54) is 5.56 Å². The van der Waals surface area contributed by atoms with E-state index in [9.17, 15) is 4.79 Å². The van der Waals surface area contributed by atoms with Gasteiger partial charge >= 0.3 is 6.03 Å². The molecule has 0 atom stereocenters. The van der Waals surface area contributed by atoms with E-state index in [1.54, 1.807) is 7.11 Å². The number of amides is 2. The standard InChI is InChI=1S/C27H28N4O2/c1-33-23-10-7-21(8-11-23)22-9-12-24-25(18-22)29-30-26(24)28-27(32)31-15-13-20(14-16-31)17-19-5-3-2-4-6-19/h2-12,18,20H,13-17H2,1H3,(H2,28,29,30,32). The SMILES string of the molecule is COc1ccc(-c2ccc3c(NC(=O)N4CCC(Cc5ccccc5)CC4)n[nH]c3c2)cc1. The lowest BCUT2D eigenvalue weighted by atomic mass is 9.90. The highest BCUT2D eigenvalue weighted by atomic mass is 16.5. The van der Waals surface area contributed by atoms with Gasteiger partial charge in [0.2, 0.25) is 0 Å². The van der Waals surface area contributed by atoms with Crippen LogP contribution in [0.1, 0.15) is 18.4 Å². The van der Waals surface area contributed by atoms with E-state index < -0.39 is 0 Å². The molecule has 0 spiro atoms. The number of ether oxygens (including phenoxy) is 1. The average Bonchev–Trinajstić information content (AvgIpc) is 3.27. The number of piperidine rings is 1. The van der Waals surface area contributed by atoms with Crippen LogP contribution >= 0.6 is 0 Å². The maximum absolute atomic E-state index is 12.9. The van der Waals surface area contributed by atoms with Gasteiger partial charge in [0, 0.05) is 18.5 Å². The molecule has 1 saturated heterocycles. The zero-order chi connectivity index (χ0) is 22.6. The highest BCUT2D eigenvalue weighted by Crippen LogP contribution is 2.29. The van der Waals surface area contributed by atoms with Crippen LogP contribution in [0.2, 0.25) is 0 Å². The molecule has 6 nitrogen and oxygen atoms in total. The Morgan fingerprint density at radius 1 is 1.03 bits per heavy atom. The van der Waals surface area contributed by atoms with Crippen LogP contribution in [0.3, 0.4) is 0 Å². The fourth-order valence-corrected chi connectivity index (χ4v) is 4.55. The largest absolute Gasteiger partial charge is 0.497 e. The van der Waals surface area contributed by atoms with Gasteiger partial charge in [0.25, 0.3) is 0 Å². The number of hydrogen-bond acceptors (Lipinski definition) is 3. The summed E-state index contributed by atoms with van der Waals surface area (Å²) in [5, 5.41) is 11.3. The van der Waals surface area contributed by atoms with Gasteiger partial charge in [0.1, 0.15) is 5.75 Å². The summed E-state index contributed by atoms with van der Waals surface area (Å²) in [6, 6.07) is 24.6. The highest BCUT2D eigenvalue weighted by Gasteiger charge is 2.24. The van der Waals surface area contributed by atoms with Crippen LogP contribution < -0.4 is 10.1 Å². The van der Waals surface area contributed by atoms with Crippen molar-refractivity contribution in [3.63, 3.8) is 0 Å². The molecule has 2 N–H and O–H groups in total. The number of anilines is 1. The number of hydrogen-bond donors (Lipinski definition) is 2. The number of likely N-dealkylation sites (tertiary alicyclic amines) is 1. The number of aromatic amines is 1. The number of methoxy groups -OCH3 is 1. The topological polar surface area (TPSA) is 70.2 Å². The van der Waals surface area contributed by atoms with Gasteiger partial charge in [-0.2, -0.15) is 5.10 Å². The van der Waals surface area contributed by atoms with Crippen molar-refractivity contribution in [1.29, 1.82) is 0 Å². The minimum atomic E-state index is -0.0826. The van der Waals surface area contributed by atoms with Gasteiger partial charge in [-0.05, 0) is 66.1 Å². The number of urea groups is 1. The summed E-state index contributed by atoms with van der Waals surface area (Å²) in [5.74, 6) is 2.03. The van der Waals surface area contributed by atoms with E-state index >= 15 is 0 Å². The zero-order valence-corrected chi connectivity index (χ0v) is 18.8. The van der Waals surface area contributed by atoms with Gasteiger partial charge in [-0.15, -0.1) is 0 Å². The van der Waals surface area contributed by atoms with E-state index in [1.807, 2.05) is 41.3 Å². The van der Waals surface area contributed by atoms with E-state index in [-0.39, 0.29) is 6.03 Å². The molecule has 2 amide bonds. The van der Waals surface area contributed by atoms with Crippen LogP contribution in [-0.2, 0) is 6.42 Å². The second kappa shape index (κ2) is 9.36. The van der Waals surface area contributed by atoms with Crippen molar-refractivity contribution in [2.75, 3.05) is 25.5 Å². The third-order valence-corrected chi connectivity index (χ3v) is 6.48. The van der Waals surface area contributed by atoms with E-state index in [2.05, 4.69) is 51.9 Å². The highest BCUT2D eigenvalue weighted by molar-refractivity contribution is 6.00. The van der Waals surface area contributed by atoms with Crippen LogP contribution in [0.5, 0.6) is 5.75 Å². The molecule has 3 aromatic carbocycles. The molecule has 1 fully saturated rings. The summed E-state index contributed by atoms with van der Waals surface area (Å²) < 4.78 is 5.24. The molecule has 1 aromatic heterocycles. The monoisotopic (exact) mass is 440 g/mol. The second-order valence-corrected chi connectivity index (χ2v) is 8.61. The summed E-state index contributed by atoms with van der Waals surface area (Å²) in [5.41, 5.74) is 4.43. The van der Waals surface area contributed by atoms with E-state index in [0.29, 0.717) is 11.7 Å². The van der Waals surface area contributed by atoms with Crippen LogP contribution in [-0.4, -0.2) is 41.3 Å². The van der Waals surface area contributed by atoms with Crippen molar-refractivity contribution < 1.29 is 9.53 Å². The first-order chi connectivity index (χ1) is 16.2. The molecule has 0 saturated carbocycles. The first-order valence-electron chi connectivity index (χ1n) is 11.4. The van der Waals surface area contributed by atoms with Gasteiger partial charge in [-0.3, -0.25) is 10.4 Å². The fourth-order valence-electron chi connectivity index (χ4n) is 4.55. The third-order valence-electron chi connectivity index (χ3n) is 6.48. The molecule has 0 bridgehead atoms. The van der Waals surface area contributed by atoms with Gasteiger partial charge in [0.15, 0.2) is 5.82 Å². The lowest BCUT2D eigenvalue weighted by molar-refractivity contribution is 0.182. The van der Waals surface area contributed by atoms with E-state index in [0.717, 1.165) is 60.1 Å². The number of nitrogens with one attached hydrogen (secondary N) is 2. The Morgan fingerprint density at radius 3 is 2.48 bits per heavy atom. The Hall–Kier alpha value is -3.80. The first kappa shape index (κ1) is 21.1. The Bertz CT molecular complexity index is 1230. The number of carbonyl (C=O) groups is 1. The summed E-state index contributed by atoms with van der Waals surface area (Å²) >= 11 is 0. The Kier molecular flexibility index (Phi) is 5.98. The number of fused-ring (bicyclic) bond motifs is 1.